The van der Waals surface area contributed by atoms with Crippen molar-refractivity contribution in [2.75, 3.05) is 25.4 Å². The molecule has 1 heterocycles. The molecule has 0 spiro atoms. The lowest BCUT2D eigenvalue weighted by Crippen LogP contribution is -2.63. The Morgan fingerprint density at radius 2 is 1.68 bits per heavy atom. The van der Waals surface area contributed by atoms with Gasteiger partial charge in [0.1, 0.15) is 0 Å². The molecule has 1 aliphatic heterocycles. The molecule has 2 aromatic carbocycles. The highest BCUT2D eigenvalue weighted by Crippen LogP contribution is 2.36. The molecule has 2 fully saturated rings. The third kappa shape index (κ3) is 5.52. The first-order valence-electron chi connectivity index (χ1n) is 11.5. The van der Waals surface area contributed by atoms with Gasteiger partial charge in [-0.05, 0) is 67.5 Å². The molecule has 1 aliphatic carbocycles. The van der Waals surface area contributed by atoms with E-state index in [2.05, 4.69) is 22.8 Å². The third-order valence-electron chi connectivity index (χ3n) is 6.79. The highest BCUT2D eigenvalue weighted by atomic mass is 19.4. The number of benzene rings is 2. The molecular weight excluding hydrogens is 445 g/mol. The van der Waals surface area contributed by atoms with Crippen molar-refractivity contribution in [3.63, 3.8) is 0 Å². The van der Waals surface area contributed by atoms with Gasteiger partial charge in [-0.25, -0.2) is 0 Å². The van der Waals surface area contributed by atoms with Gasteiger partial charge in [0, 0.05) is 30.4 Å². The fraction of sp³-hybridized carbons (Fsp3) is 0.440. The van der Waals surface area contributed by atoms with E-state index >= 15 is 0 Å². The van der Waals surface area contributed by atoms with Crippen LogP contribution in [0.2, 0.25) is 0 Å². The SMILES string of the molecule is Nc1ccc(C2CCC(N(C(=O)CNC(=O)c3cccc(C(F)(F)F)c3)C3CNC3)CC2)cc1. The number of amides is 2. The van der Waals surface area contributed by atoms with Crippen molar-refractivity contribution in [2.45, 2.75) is 49.9 Å². The van der Waals surface area contributed by atoms with Crippen molar-refractivity contribution in [3.05, 3.63) is 65.2 Å². The molecule has 0 bridgehead atoms. The van der Waals surface area contributed by atoms with E-state index in [1.807, 2.05) is 17.0 Å². The summed E-state index contributed by atoms with van der Waals surface area (Å²) in [6, 6.07) is 12.3. The molecule has 0 radical (unpaired) electrons. The first-order valence-corrected chi connectivity index (χ1v) is 11.5. The molecule has 0 atom stereocenters. The molecule has 9 heteroatoms. The molecule has 182 valence electrons. The Balaban J connectivity index is 1.36. The van der Waals surface area contributed by atoms with Crippen LogP contribution < -0.4 is 16.4 Å². The van der Waals surface area contributed by atoms with Gasteiger partial charge in [-0.3, -0.25) is 9.59 Å². The number of hydrogen-bond donors (Lipinski definition) is 3. The minimum Gasteiger partial charge on any atom is -0.399 e. The number of rotatable bonds is 6. The third-order valence-corrected chi connectivity index (χ3v) is 6.79. The highest BCUT2D eigenvalue weighted by molar-refractivity contribution is 5.96. The number of nitrogens with two attached hydrogens (primary N) is 1. The van der Waals surface area contributed by atoms with E-state index in [9.17, 15) is 22.8 Å². The molecule has 1 saturated carbocycles. The normalized spacial score (nSPS) is 20.9. The summed E-state index contributed by atoms with van der Waals surface area (Å²) in [4.78, 5) is 27.4. The van der Waals surface area contributed by atoms with Crippen LogP contribution in [0.1, 0.15) is 53.1 Å². The maximum Gasteiger partial charge on any atom is 0.416 e. The van der Waals surface area contributed by atoms with Crippen LogP contribution >= 0.6 is 0 Å². The van der Waals surface area contributed by atoms with E-state index in [4.69, 9.17) is 5.73 Å². The van der Waals surface area contributed by atoms with E-state index in [-0.39, 0.29) is 30.1 Å². The Bertz CT molecular complexity index is 1010. The zero-order valence-electron chi connectivity index (χ0n) is 18.8. The average molecular weight is 475 g/mol. The van der Waals surface area contributed by atoms with Crippen LogP contribution in [0.15, 0.2) is 48.5 Å². The Labute approximate surface area is 196 Å². The van der Waals surface area contributed by atoms with Crippen LogP contribution in [0.4, 0.5) is 18.9 Å². The smallest absolute Gasteiger partial charge is 0.399 e. The van der Waals surface area contributed by atoms with Crippen LogP contribution in [0.5, 0.6) is 0 Å². The predicted octanol–water partition coefficient (Wildman–Crippen LogP) is 3.54. The lowest BCUT2D eigenvalue weighted by atomic mass is 9.80. The predicted molar refractivity (Wildman–Crippen MR) is 123 cm³/mol. The van der Waals surface area contributed by atoms with Crippen molar-refractivity contribution >= 4 is 17.5 Å². The lowest BCUT2D eigenvalue weighted by Gasteiger charge is -2.45. The van der Waals surface area contributed by atoms with Gasteiger partial charge >= 0.3 is 6.18 Å². The van der Waals surface area contributed by atoms with Crippen LogP contribution in [0.25, 0.3) is 0 Å². The van der Waals surface area contributed by atoms with Gasteiger partial charge in [-0.2, -0.15) is 13.2 Å². The number of hydrogen-bond acceptors (Lipinski definition) is 4. The van der Waals surface area contributed by atoms with E-state index in [1.165, 1.54) is 17.7 Å². The van der Waals surface area contributed by atoms with Crippen LogP contribution in [-0.4, -0.2) is 48.4 Å². The average Bonchev–Trinajstić information content (AvgIpc) is 2.80. The molecule has 4 N–H and O–H groups in total. The lowest BCUT2D eigenvalue weighted by molar-refractivity contribution is -0.138. The summed E-state index contributed by atoms with van der Waals surface area (Å²) in [5.74, 6) is -0.477. The second-order valence-electron chi connectivity index (χ2n) is 9.05. The number of nitrogens with zero attached hydrogens (tertiary/aromatic N) is 1. The maximum absolute atomic E-state index is 13.1. The summed E-state index contributed by atoms with van der Waals surface area (Å²) >= 11 is 0. The molecule has 4 rings (SSSR count). The number of alkyl halides is 3. The molecule has 6 nitrogen and oxygen atoms in total. The van der Waals surface area contributed by atoms with Gasteiger partial charge in [0.05, 0.1) is 18.2 Å². The molecular formula is C25H29F3N4O2. The number of nitrogens with one attached hydrogen (secondary N) is 2. The van der Waals surface area contributed by atoms with Gasteiger partial charge in [0.15, 0.2) is 0 Å². The quantitative estimate of drug-likeness (QED) is 0.559. The summed E-state index contributed by atoms with van der Waals surface area (Å²) in [5, 5.41) is 5.70. The summed E-state index contributed by atoms with van der Waals surface area (Å²) in [6.07, 6.45) is -0.909. The minimum atomic E-state index is -4.54. The summed E-state index contributed by atoms with van der Waals surface area (Å²) < 4.78 is 38.8. The Hall–Kier alpha value is -3.07. The number of halogens is 3. The van der Waals surface area contributed by atoms with Crippen molar-refractivity contribution in [1.82, 2.24) is 15.5 Å². The Morgan fingerprint density at radius 3 is 2.26 bits per heavy atom. The monoisotopic (exact) mass is 474 g/mol. The van der Waals surface area contributed by atoms with E-state index in [1.54, 1.807) is 0 Å². The van der Waals surface area contributed by atoms with Gasteiger partial charge in [0.25, 0.3) is 5.91 Å². The van der Waals surface area contributed by atoms with E-state index in [0.717, 1.165) is 43.5 Å². The fourth-order valence-electron chi connectivity index (χ4n) is 4.82. The van der Waals surface area contributed by atoms with Gasteiger partial charge in [0.2, 0.25) is 5.91 Å². The van der Waals surface area contributed by atoms with E-state index < -0.39 is 17.6 Å². The van der Waals surface area contributed by atoms with Crippen LogP contribution in [-0.2, 0) is 11.0 Å². The number of anilines is 1. The van der Waals surface area contributed by atoms with Gasteiger partial charge in [-0.1, -0.05) is 18.2 Å². The van der Waals surface area contributed by atoms with Crippen molar-refractivity contribution in [3.8, 4) is 0 Å². The second-order valence-corrected chi connectivity index (χ2v) is 9.05. The topological polar surface area (TPSA) is 87.5 Å². The van der Waals surface area contributed by atoms with E-state index in [0.29, 0.717) is 19.0 Å². The first-order chi connectivity index (χ1) is 16.2. The van der Waals surface area contributed by atoms with Crippen molar-refractivity contribution in [1.29, 1.82) is 0 Å². The summed E-state index contributed by atoms with van der Waals surface area (Å²) in [5.41, 5.74) is 6.76. The number of nitrogen functional groups attached to an aromatic ring is 1. The van der Waals surface area contributed by atoms with Crippen molar-refractivity contribution < 1.29 is 22.8 Å². The van der Waals surface area contributed by atoms with Crippen molar-refractivity contribution in [2.24, 2.45) is 0 Å². The first kappa shape index (κ1) is 24.1. The largest absolute Gasteiger partial charge is 0.416 e. The summed E-state index contributed by atoms with van der Waals surface area (Å²) in [7, 11) is 0. The molecule has 2 amide bonds. The van der Waals surface area contributed by atoms with Gasteiger partial charge < -0.3 is 21.3 Å². The fourth-order valence-corrected chi connectivity index (χ4v) is 4.82. The van der Waals surface area contributed by atoms with Gasteiger partial charge in [-0.15, -0.1) is 0 Å². The maximum atomic E-state index is 13.1. The Kier molecular flexibility index (Phi) is 7.11. The standard InChI is InChI=1S/C25H29F3N4O2/c26-25(27,28)19-3-1-2-18(12-19)24(34)31-15-23(33)32(22-13-30-14-22)21-10-6-17(7-11-21)16-4-8-20(29)9-5-16/h1-5,8-9,12,17,21-22,30H,6-7,10-11,13-15,29H2,(H,31,34). The molecule has 2 aromatic rings. The summed E-state index contributed by atoms with van der Waals surface area (Å²) in [6.45, 7) is 1.15. The molecule has 0 unspecified atom stereocenters. The number of carbonyl (C=O) groups is 2. The molecule has 1 saturated heterocycles. The second kappa shape index (κ2) is 10.0. The number of carbonyl (C=O) groups excluding carboxylic acids is 2. The highest BCUT2D eigenvalue weighted by Gasteiger charge is 2.36. The zero-order valence-corrected chi connectivity index (χ0v) is 18.8. The molecule has 34 heavy (non-hydrogen) atoms. The molecule has 0 aromatic heterocycles. The molecule has 2 aliphatic rings. The zero-order chi connectivity index (χ0) is 24.3. The Morgan fingerprint density at radius 1 is 1.00 bits per heavy atom. The van der Waals surface area contributed by atoms with Crippen LogP contribution in [0, 0.1) is 0 Å². The van der Waals surface area contributed by atoms with Crippen LogP contribution in [0.3, 0.4) is 0 Å². The minimum absolute atomic E-state index is 0.0658.